The number of ether oxygens (including phenoxy) is 2. The Morgan fingerprint density at radius 2 is 1.95 bits per heavy atom. The highest BCUT2D eigenvalue weighted by Crippen LogP contribution is 2.17. The van der Waals surface area contributed by atoms with E-state index < -0.39 is 0 Å². The van der Waals surface area contributed by atoms with Gasteiger partial charge < -0.3 is 15.2 Å². The largest absolute Gasteiger partial charge is 0.497 e. The fourth-order valence-electron chi connectivity index (χ4n) is 1.70. The van der Waals surface area contributed by atoms with Gasteiger partial charge in [0.1, 0.15) is 11.5 Å². The van der Waals surface area contributed by atoms with Crippen molar-refractivity contribution in [3.8, 4) is 11.5 Å². The van der Waals surface area contributed by atoms with Crippen molar-refractivity contribution >= 4 is 0 Å². The lowest BCUT2D eigenvalue weighted by atomic mass is 10.3. The van der Waals surface area contributed by atoms with Crippen molar-refractivity contribution in [3.05, 3.63) is 36.2 Å². The molecule has 0 spiro atoms. The molecule has 0 radical (unpaired) electrons. The number of rotatable bonds is 7. The molecule has 0 aliphatic carbocycles. The van der Waals surface area contributed by atoms with Crippen LogP contribution in [0.5, 0.6) is 11.5 Å². The topological polar surface area (TPSA) is 75.2 Å². The normalized spacial score (nSPS) is 10.4. The number of hydrogen-bond donors (Lipinski definition) is 1. The lowest BCUT2D eigenvalue weighted by Gasteiger charge is -2.08. The Hall–Kier alpha value is -2.08. The summed E-state index contributed by atoms with van der Waals surface area (Å²) in [6.07, 6.45) is 2.53. The molecule has 0 bridgehead atoms. The summed E-state index contributed by atoms with van der Waals surface area (Å²) in [4.78, 5) is 0. The minimum Gasteiger partial charge on any atom is -0.497 e. The standard InChI is InChI=1S/C13H18N4O2/c1-18-12-3-5-13(6-4-12)19-8-2-7-17-11(9-14)10-15-16-17/h3-6,10H,2,7-9,14H2,1H3. The van der Waals surface area contributed by atoms with E-state index in [1.165, 1.54) is 0 Å². The average Bonchev–Trinajstić information content (AvgIpc) is 2.91. The van der Waals surface area contributed by atoms with Crippen LogP contribution in [0.4, 0.5) is 0 Å². The van der Waals surface area contributed by atoms with Gasteiger partial charge in [-0.1, -0.05) is 5.21 Å². The number of aryl methyl sites for hydroxylation is 1. The molecule has 0 aliphatic rings. The first-order valence-electron chi connectivity index (χ1n) is 6.18. The Bertz CT molecular complexity index is 496. The van der Waals surface area contributed by atoms with Gasteiger partial charge in [-0.2, -0.15) is 0 Å². The zero-order chi connectivity index (χ0) is 13.5. The minimum absolute atomic E-state index is 0.451. The summed E-state index contributed by atoms with van der Waals surface area (Å²) in [7, 11) is 1.64. The summed E-state index contributed by atoms with van der Waals surface area (Å²) < 4.78 is 12.5. The summed E-state index contributed by atoms with van der Waals surface area (Å²) in [5.41, 5.74) is 6.51. The molecule has 19 heavy (non-hydrogen) atoms. The molecule has 1 heterocycles. The summed E-state index contributed by atoms with van der Waals surface area (Å²) in [5.74, 6) is 1.65. The highest BCUT2D eigenvalue weighted by atomic mass is 16.5. The van der Waals surface area contributed by atoms with Crippen molar-refractivity contribution in [2.75, 3.05) is 13.7 Å². The van der Waals surface area contributed by atoms with E-state index in [9.17, 15) is 0 Å². The van der Waals surface area contributed by atoms with E-state index in [4.69, 9.17) is 15.2 Å². The molecule has 0 amide bonds. The molecule has 102 valence electrons. The number of methoxy groups -OCH3 is 1. The van der Waals surface area contributed by atoms with E-state index in [2.05, 4.69) is 10.3 Å². The Morgan fingerprint density at radius 1 is 1.21 bits per heavy atom. The fraction of sp³-hybridized carbons (Fsp3) is 0.385. The van der Waals surface area contributed by atoms with Gasteiger partial charge >= 0.3 is 0 Å². The zero-order valence-corrected chi connectivity index (χ0v) is 11.0. The van der Waals surface area contributed by atoms with Gasteiger partial charge in [0.15, 0.2) is 0 Å². The van der Waals surface area contributed by atoms with Crippen LogP contribution < -0.4 is 15.2 Å². The second-order valence-corrected chi connectivity index (χ2v) is 4.03. The molecule has 2 aromatic rings. The van der Waals surface area contributed by atoms with Gasteiger partial charge in [-0.25, -0.2) is 4.68 Å². The van der Waals surface area contributed by atoms with Gasteiger partial charge in [-0.3, -0.25) is 0 Å². The number of aromatic nitrogens is 3. The SMILES string of the molecule is COc1ccc(OCCCn2nncc2CN)cc1. The molecular weight excluding hydrogens is 244 g/mol. The molecule has 0 unspecified atom stereocenters. The number of hydrogen-bond acceptors (Lipinski definition) is 5. The summed E-state index contributed by atoms with van der Waals surface area (Å²) in [5, 5.41) is 7.80. The smallest absolute Gasteiger partial charge is 0.119 e. The lowest BCUT2D eigenvalue weighted by molar-refractivity contribution is 0.296. The van der Waals surface area contributed by atoms with Crippen molar-refractivity contribution in [1.29, 1.82) is 0 Å². The Morgan fingerprint density at radius 3 is 2.63 bits per heavy atom. The van der Waals surface area contributed by atoms with E-state index in [0.29, 0.717) is 13.2 Å². The van der Waals surface area contributed by atoms with Gasteiger partial charge in [0.25, 0.3) is 0 Å². The third-order valence-corrected chi connectivity index (χ3v) is 2.75. The lowest BCUT2D eigenvalue weighted by Crippen LogP contribution is -2.11. The fourth-order valence-corrected chi connectivity index (χ4v) is 1.70. The molecule has 0 saturated carbocycles. The van der Waals surface area contributed by atoms with E-state index in [-0.39, 0.29) is 0 Å². The van der Waals surface area contributed by atoms with Gasteiger partial charge in [-0.05, 0) is 24.3 Å². The highest BCUT2D eigenvalue weighted by molar-refractivity contribution is 5.31. The molecule has 2 N–H and O–H groups in total. The Balaban J connectivity index is 1.74. The van der Waals surface area contributed by atoms with Crippen LogP contribution in [0.25, 0.3) is 0 Å². The van der Waals surface area contributed by atoms with E-state index in [0.717, 1.165) is 30.2 Å². The predicted molar refractivity (Wildman–Crippen MR) is 71.0 cm³/mol. The van der Waals surface area contributed by atoms with Crippen molar-refractivity contribution in [2.24, 2.45) is 5.73 Å². The van der Waals surface area contributed by atoms with Crippen LogP contribution in [-0.4, -0.2) is 28.7 Å². The zero-order valence-electron chi connectivity index (χ0n) is 11.0. The van der Waals surface area contributed by atoms with Crippen LogP contribution in [0.3, 0.4) is 0 Å². The molecule has 6 heteroatoms. The van der Waals surface area contributed by atoms with Crippen LogP contribution in [0.2, 0.25) is 0 Å². The molecule has 1 aromatic heterocycles. The molecule has 1 aromatic carbocycles. The Labute approximate surface area is 112 Å². The summed E-state index contributed by atoms with van der Waals surface area (Å²) in [6, 6.07) is 7.53. The first-order chi connectivity index (χ1) is 9.33. The van der Waals surface area contributed by atoms with E-state index >= 15 is 0 Å². The van der Waals surface area contributed by atoms with Crippen LogP contribution in [0.1, 0.15) is 12.1 Å². The second-order valence-electron chi connectivity index (χ2n) is 4.03. The number of nitrogens with zero attached hydrogens (tertiary/aromatic N) is 3. The Kier molecular flexibility index (Phi) is 4.74. The average molecular weight is 262 g/mol. The molecule has 0 saturated heterocycles. The first kappa shape index (κ1) is 13.4. The predicted octanol–water partition coefficient (Wildman–Crippen LogP) is 1.21. The number of benzene rings is 1. The summed E-state index contributed by atoms with van der Waals surface area (Å²) >= 11 is 0. The van der Waals surface area contributed by atoms with E-state index in [1.807, 2.05) is 24.3 Å². The molecule has 0 aliphatic heterocycles. The maximum absolute atomic E-state index is 5.63. The molecule has 0 atom stereocenters. The molecule has 0 fully saturated rings. The van der Waals surface area contributed by atoms with Crippen molar-refractivity contribution in [1.82, 2.24) is 15.0 Å². The highest BCUT2D eigenvalue weighted by Gasteiger charge is 2.01. The van der Waals surface area contributed by atoms with Crippen LogP contribution in [0.15, 0.2) is 30.5 Å². The van der Waals surface area contributed by atoms with Gasteiger partial charge in [0.2, 0.25) is 0 Å². The second kappa shape index (κ2) is 6.75. The quantitative estimate of drug-likeness (QED) is 0.759. The third-order valence-electron chi connectivity index (χ3n) is 2.75. The van der Waals surface area contributed by atoms with Gasteiger partial charge in [0, 0.05) is 19.5 Å². The van der Waals surface area contributed by atoms with Crippen LogP contribution in [-0.2, 0) is 13.1 Å². The summed E-state index contributed by atoms with van der Waals surface area (Å²) in [6.45, 7) is 1.82. The maximum atomic E-state index is 5.63. The minimum atomic E-state index is 0.451. The third kappa shape index (κ3) is 3.69. The van der Waals surface area contributed by atoms with Crippen LogP contribution >= 0.6 is 0 Å². The van der Waals surface area contributed by atoms with Gasteiger partial charge in [-0.15, -0.1) is 5.10 Å². The van der Waals surface area contributed by atoms with E-state index in [1.54, 1.807) is 18.0 Å². The molecular formula is C13H18N4O2. The van der Waals surface area contributed by atoms with Crippen molar-refractivity contribution < 1.29 is 9.47 Å². The van der Waals surface area contributed by atoms with Crippen molar-refractivity contribution in [2.45, 2.75) is 19.5 Å². The number of nitrogens with two attached hydrogens (primary N) is 1. The van der Waals surface area contributed by atoms with Crippen LogP contribution in [0, 0.1) is 0 Å². The maximum Gasteiger partial charge on any atom is 0.119 e. The van der Waals surface area contributed by atoms with Gasteiger partial charge in [0.05, 0.1) is 25.6 Å². The molecule has 6 nitrogen and oxygen atoms in total. The van der Waals surface area contributed by atoms with Crippen molar-refractivity contribution in [3.63, 3.8) is 0 Å². The molecule has 2 rings (SSSR count). The first-order valence-corrected chi connectivity index (χ1v) is 6.18. The monoisotopic (exact) mass is 262 g/mol.